The molecule has 72 valence electrons. The first-order chi connectivity index (χ1) is 5.55. The summed E-state index contributed by atoms with van der Waals surface area (Å²) in [5.41, 5.74) is 0.458. The summed E-state index contributed by atoms with van der Waals surface area (Å²) in [6.45, 7) is 7.05. The van der Waals surface area contributed by atoms with Gasteiger partial charge in [-0.25, -0.2) is 0 Å². The topological polar surface area (TPSA) is 0 Å². The van der Waals surface area contributed by atoms with E-state index in [0.29, 0.717) is 5.41 Å². The zero-order chi connectivity index (χ0) is 9.19. The molecule has 1 aliphatic rings. The lowest BCUT2D eigenvalue weighted by Crippen LogP contribution is -2.31. The fourth-order valence-corrected chi connectivity index (χ4v) is 2.90. The van der Waals surface area contributed by atoms with Gasteiger partial charge in [0, 0.05) is 5.88 Å². The standard InChI is InChI=1S/C11H21Cl/c1-11(2,3)10-7-5-4-6-9(10)8-12/h9-10H,4-8H2,1-3H3. The van der Waals surface area contributed by atoms with Gasteiger partial charge in [0.05, 0.1) is 0 Å². The minimum Gasteiger partial charge on any atom is -0.126 e. The van der Waals surface area contributed by atoms with Crippen LogP contribution in [-0.2, 0) is 0 Å². The molecule has 1 aliphatic carbocycles. The second-order valence-corrected chi connectivity index (χ2v) is 5.48. The summed E-state index contributed by atoms with van der Waals surface area (Å²) in [7, 11) is 0. The van der Waals surface area contributed by atoms with E-state index in [0.717, 1.165) is 17.7 Å². The Labute approximate surface area is 81.7 Å². The van der Waals surface area contributed by atoms with Crippen LogP contribution in [0.4, 0.5) is 0 Å². The van der Waals surface area contributed by atoms with Crippen molar-refractivity contribution in [2.75, 3.05) is 5.88 Å². The monoisotopic (exact) mass is 188 g/mol. The van der Waals surface area contributed by atoms with Gasteiger partial charge in [-0.1, -0.05) is 33.6 Å². The second kappa shape index (κ2) is 4.00. The first kappa shape index (κ1) is 10.4. The van der Waals surface area contributed by atoms with Crippen LogP contribution < -0.4 is 0 Å². The summed E-state index contributed by atoms with van der Waals surface area (Å²) in [5.74, 6) is 2.49. The molecular formula is C11H21Cl. The van der Waals surface area contributed by atoms with Gasteiger partial charge in [0.15, 0.2) is 0 Å². The third-order valence-electron chi connectivity index (χ3n) is 3.22. The van der Waals surface area contributed by atoms with Crippen LogP contribution in [-0.4, -0.2) is 5.88 Å². The summed E-state index contributed by atoms with van der Waals surface area (Å²) >= 11 is 5.98. The third kappa shape index (κ3) is 2.39. The summed E-state index contributed by atoms with van der Waals surface area (Å²) in [5, 5.41) is 0. The maximum Gasteiger partial charge on any atom is 0.0254 e. The molecule has 2 atom stereocenters. The minimum absolute atomic E-state index is 0.458. The molecule has 1 heteroatoms. The van der Waals surface area contributed by atoms with Crippen LogP contribution in [0.1, 0.15) is 46.5 Å². The highest BCUT2D eigenvalue weighted by Gasteiger charge is 2.33. The molecule has 0 aromatic carbocycles. The second-order valence-electron chi connectivity index (χ2n) is 5.17. The van der Waals surface area contributed by atoms with E-state index in [4.69, 9.17) is 11.6 Å². The zero-order valence-corrected chi connectivity index (χ0v) is 9.32. The molecule has 0 amide bonds. The molecule has 0 nitrogen and oxygen atoms in total. The Morgan fingerprint density at radius 3 is 2.17 bits per heavy atom. The van der Waals surface area contributed by atoms with Gasteiger partial charge in [-0.3, -0.25) is 0 Å². The summed E-state index contributed by atoms with van der Waals surface area (Å²) in [6, 6.07) is 0. The first-order valence-corrected chi connectivity index (χ1v) is 5.65. The van der Waals surface area contributed by atoms with E-state index < -0.39 is 0 Å². The Morgan fingerprint density at radius 2 is 1.75 bits per heavy atom. The fraction of sp³-hybridized carbons (Fsp3) is 1.00. The Hall–Kier alpha value is 0.290. The van der Waals surface area contributed by atoms with Gasteiger partial charge in [-0.05, 0) is 30.1 Å². The van der Waals surface area contributed by atoms with Gasteiger partial charge in [0.1, 0.15) is 0 Å². The van der Waals surface area contributed by atoms with Crippen LogP contribution in [0.2, 0.25) is 0 Å². The number of alkyl halides is 1. The van der Waals surface area contributed by atoms with E-state index in [1.165, 1.54) is 25.7 Å². The molecule has 0 saturated heterocycles. The van der Waals surface area contributed by atoms with Crippen molar-refractivity contribution in [2.45, 2.75) is 46.5 Å². The predicted octanol–water partition coefficient (Wildman–Crippen LogP) is 4.08. The average molecular weight is 189 g/mol. The highest BCUT2D eigenvalue weighted by atomic mass is 35.5. The lowest BCUT2D eigenvalue weighted by Gasteiger charge is -2.39. The van der Waals surface area contributed by atoms with Crippen LogP contribution in [0.5, 0.6) is 0 Å². The van der Waals surface area contributed by atoms with E-state index in [-0.39, 0.29) is 0 Å². The van der Waals surface area contributed by atoms with Crippen molar-refractivity contribution >= 4 is 11.6 Å². The minimum atomic E-state index is 0.458. The molecule has 1 fully saturated rings. The van der Waals surface area contributed by atoms with Crippen molar-refractivity contribution in [1.29, 1.82) is 0 Å². The van der Waals surface area contributed by atoms with Crippen molar-refractivity contribution in [3.63, 3.8) is 0 Å². The van der Waals surface area contributed by atoms with Gasteiger partial charge in [-0.15, -0.1) is 11.6 Å². The molecule has 0 aromatic rings. The number of halogens is 1. The van der Waals surface area contributed by atoms with Crippen molar-refractivity contribution < 1.29 is 0 Å². The van der Waals surface area contributed by atoms with Crippen LogP contribution >= 0.6 is 11.6 Å². The molecule has 1 rings (SSSR count). The maximum atomic E-state index is 5.98. The summed E-state index contributed by atoms with van der Waals surface area (Å²) < 4.78 is 0. The van der Waals surface area contributed by atoms with Crippen molar-refractivity contribution in [1.82, 2.24) is 0 Å². The molecule has 0 bridgehead atoms. The molecule has 0 aromatic heterocycles. The molecule has 0 N–H and O–H groups in total. The normalized spacial score (nSPS) is 32.0. The number of rotatable bonds is 1. The molecule has 0 aliphatic heterocycles. The van der Waals surface area contributed by atoms with Gasteiger partial charge in [-0.2, -0.15) is 0 Å². The van der Waals surface area contributed by atoms with E-state index in [2.05, 4.69) is 20.8 Å². The lowest BCUT2D eigenvalue weighted by molar-refractivity contribution is 0.121. The predicted molar refractivity (Wildman–Crippen MR) is 55.6 cm³/mol. The molecule has 12 heavy (non-hydrogen) atoms. The van der Waals surface area contributed by atoms with Crippen LogP contribution in [0.15, 0.2) is 0 Å². The van der Waals surface area contributed by atoms with Gasteiger partial charge >= 0.3 is 0 Å². The largest absolute Gasteiger partial charge is 0.126 e. The molecule has 1 saturated carbocycles. The van der Waals surface area contributed by atoms with Crippen molar-refractivity contribution in [2.24, 2.45) is 17.3 Å². The van der Waals surface area contributed by atoms with E-state index >= 15 is 0 Å². The maximum absolute atomic E-state index is 5.98. The Morgan fingerprint density at radius 1 is 1.17 bits per heavy atom. The third-order valence-corrected chi connectivity index (χ3v) is 3.62. The zero-order valence-electron chi connectivity index (χ0n) is 8.57. The fourth-order valence-electron chi connectivity index (χ4n) is 2.53. The average Bonchev–Trinajstić information content (AvgIpc) is 2.03. The highest BCUT2D eigenvalue weighted by molar-refractivity contribution is 6.18. The van der Waals surface area contributed by atoms with Gasteiger partial charge < -0.3 is 0 Å². The lowest BCUT2D eigenvalue weighted by atomic mass is 9.67. The van der Waals surface area contributed by atoms with E-state index in [1.807, 2.05) is 0 Å². The van der Waals surface area contributed by atoms with E-state index in [1.54, 1.807) is 0 Å². The summed E-state index contributed by atoms with van der Waals surface area (Å²) in [6.07, 6.45) is 5.55. The molecule has 2 unspecified atom stereocenters. The van der Waals surface area contributed by atoms with Gasteiger partial charge in [0.25, 0.3) is 0 Å². The van der Waals surface area contributed by atoms with E-state index in [9.17, 15) is 0 Å². The quantitative estimate of drug-likeness (QED) is 0.544. The molecule has 0 spiro atoms. The molecule has 0 heterocycles. The number of hydrogen-bond acceptors (Lipinski definition) is 0. The van der Waals surface area contributed by atoms with Gasteiger partial charge in [0.2, 0.25) is 0 Å². The highest BCUT2D eigenvalue weighted by Crippen LogP contribution is 2.42. The summed E-state index contributed by atoms with van der Waals surface area (Å²) in [4.78, 5) is 0. The van der Waals surface area contributed by atoms with Crippen LogP contribution in [0.3, 0.4) is 0 Å². The SMILES string of the molecule is CC(C)(C)C1CCCCC1CCl. The van der Waals surface area contributed by atoms with Crippen molar-refractivity contribution in [3.8, 4) is 0 Å². The number of hydrogen-bond donors (Lipinski definition) is 0. The van der Waals surface area contributed by atoms with Crippen LogP contribution in [0.25, 0.3) is 0 Å². The first-order valence-electron chi connectivity index (χ1n) is 5.11. The van der Waals surface area contributed by atoms with Crippen molar-refractivity contribution in [3.05, 3.63) is 0 Å². The Balaban J connectivity index is 2.59. The molecule has 0 radical (unpaired) electrons. The van der Waals surface area contributed by atoms with Crippen LogP contribution in [0, 0.1) is 17.3 Å². The molecular weight excluding hydrogens is 168 g/mol. The Kier molecular flexibility index (Phi) is 3.46. The Bertz CT molecular complexity index is 134. The smallest absolute Gasteiger partial charge is 0.0254 e.